The maximum atomic E-state index is 11.4. The van der Waals surface area contributed by atoms with E-state index in [1.807, 2.05) is 0 Å². The molecule has 122 valence electrons. The van der Waals surface area contributed by atoms with Crippen LogP contribution in [0.15, 0.2) is 24.4 Å². The van der Waals surface area contributed by atoms with Crippen molar-refractivity contribution in [3.05, 3.63) is 45.2 Å². The van der Waals surface area contributed by atoms with E-state index in [9.17, 15) is 15.2 Å². The molecule has 0 radical (unpaired) electrons. The number of rotatable bonds is 6. The minimum absolute atomic E-state index is 0.0741. The van der Waals surface area contributed by atoms with E-state index in [2.05, 4.69) is 9.97 Å². The highest BCUT2D eigenvalue weighted by molar-refractivity contribution is 6.29. The summed E-state index contributed by atoms with van der Waals surface area (Å²) in [5, 5.41) is 21.1. The number of anilines is 2. The van der Waals surface area contributed by atoms with Crippen LogP contribution in [0.2, 0.25) is 5.15 Å². The fraction of sp³-hybridized carbons (Fsp3) is 0.286. The van der Waals surface area contributed by atoms with E-state index in [4.69, 9.17) is 16.3 Å². The summed E-state index contributed by atoms with van der Waals surface area (Å²) in [5.41, 5.74) is 0.766. The predicted octanol–water partition coefficient (Wildman–Crippen LogP) is 2.49. The van der Waals surface area contributed by atoms with Crippen LogP contribution in [-0.2, 0) is 0 Å². The molecule has 23 heavy (non-hydrogen) atoms. The van der Waals surface area contributed by atoms with E-state index in [0.29, 0.717) is 16.4 Å². The molecule has 2 heterocycles. The Bertz CT molecular complexity index is 709. The second kappa shape index (κ2) is 7.21. The second-order valence-electron chi connectivity index (χ2n) is 4.63. The Kier molecular flexibility index (Phi) is 5.30. The Labute approximate surface area is 137 Å². The quantitative estimate of drug-likeness (QED) is 0.490. The first-order valence-corrected chi connectivity index (χ1v) is 7.05. The number of aryl methyl sites for hydroxylation is 1. The number of methoxy groups -OCH3 is 1. The summed E-state index contributed by atoms with van der Waals surface area (Å²) in [6.07, 6.45) is 1.46. The molecular formula is C14H15ClN4O4. The lowest BCUT2D eigenvalue weighted by Crippen LogP contribution is -2.23. The fourth-order valence-corrected chi connectivity index (χ4v) is 2.23. The Morgan fingerprint density at radius 1 is 1.48 bits per heavy atom. The SMILES string of the molecule is COc1cc(C)c([N+](=O)[O-])c(N(CCO)c2ccc(Cl)nc2)n1. The predicted molar refractivity (Wildman–Crippen MR) is 85.5 cm³/mol. The van der Waals surface area contributed by atoms with Gasteiger partial charge in [0.15, 0.2) is 0 Å². The van der Waals surface area contributed by atoms with Crippen LogP contribution in [0.4, 0.5) is 17.2 Å². The molecule has 0 unspecified atom stereocenters. The fourth-order valence-electron chi connectivity index (χ4n) is 2.12. The molecule has 1 N–H and O–H groups in total. The van der Waals surface area contributed by atoms with E-state index in [-0.39, 0.29) is 30.5 Å². The third-order valence-corrected chi connectivity index (χ3v) is 3.36. The molecule has 0 atom stereocenters. The van der Waals surface area contributed by atoms with Crippen molar-refractivity contribution in [3.63, 3.8) is 0 Å². The van der Waals surface area contributed by atoms with Crippen LogP contribution >= 0.6 is 11.6 Å². The molecule has 0 saturated heterocycles. The first kappa shape index (κ1) is 16.9. The van der Waals surface area contributed by atoms with Crippen LogP contribution in [0.1, 0.15) is 5.56 Å². The summed E-state index contributed by atoms with van der Waals surface area (Å²) >= 11 is 5.77. The molecule has 0 aliphatic rings. The first-order chi connectivity index (χ1) is 11.0. The highest BCUT2D eigenvalue weighted by atomic mass is 35.5. The molecule has 0 aromatic carbocycles. The minimum Gasteiger partial charge on any atom is -0.481 e. The second-order valence-corrected chi connectivity index (χ2v) is 5.01. The zero-order chi connectivity index (χ0) is 17.0. The van der Waals surface area contributed by atoms with E-state index in [1.165, 1.54) is 24.3 Å². The van der Waals surface area contributed by atoms with Crippen LogP contribution in [0.25, 0.3) is 0 Å². The summed E-state index contributed by atoms with van der Waals surface area (Å²) in [6.45, 7) is 1.48. The normalized spacial score (nSPS) is 10.4. The van der Waals surface area contributed by atoms with Crippen molar-refractivity contribution >= 4 is 28.8 Å². The number of aliphatic hydroxyl groups excluding tert-OH is 1. The van der Waals surface area contributed by atoms with Gasteiger partial charge in [-0.05, 0) is 19.1 Å². The number of hydrogen-bond donors (Lipinski definition) is 1. The Morgan fingerprint density at radius 3 is 2.74 bits per heavy atom. The third kappa shape index (κ3) is 3.66. The zero-order valence-electron chi connectivity index (χ0n) is 12.6. The summed E-state index contributed by atoms with van der Waals surface area (Å²) in [5.74, 6) is 0.318. The number of nitro groups is 1. The summed E-state index contributed by atoms with van der Waals surface area (Å²) < 4.78 is 5.09. The van der Waals surface area contributed by atoms with Crippen molar-refractivity contribution in [2.24, 2.45) is 0 Å². The van der Waals surface area contributed by atoms with Gasteiger partial charge in [-0.3, -0.25) is 10.1 Å². The van der Waals surface area contributed by atoms with Gasteiger partial charge in [0.2, 0.25) is 11.7 Å². The number of pyridine rings is 2. The molecule has 0 bridgehead atoms. The number of aliphatic hydroxyl groups is 1. The van der Waals surface area contributed by atoms with Crippen LogP contribution in [0, 0.1) is 17.0 Å². The number of aromatic nitrogens is 2. The summed E-state index contributed by atoms with van der Waals surface area (Å²) in [7, 11) is 1.43. The zero-order valence-corrected chi connectivity index (χ0v) is 13.3. The van der Waals surface area contributed by atoms with Crippen LogP contribution in [-0.4, -0.2) is 40.3 Å². The molecule has 0 amide bonds. The van der Waals surface area contributed by atoms with Crippen molar-refractivity contribution in [3.8, 4) is 5.88 Å². The monoisotopic (exact) mass is 338 g/mol. The van der Waals surface area contributed by atoms with Gasteiger partial charge in [-0.1, -0.05) is 11.6 Å². The van der Waals surface area contributed by atoms with Gasteiger partial charge in [0.05, 0.1) is 30.5 Å². The lowest BCUT2D eigenvalue weighted by molar-refractivity contribution is -0.384. The molecular weight excluding hydrogens is 324 g/mol. The maximum absolute atomic E-state index is 11.4. The highest BCUT2D eigenvalue weighted by Gasteiger charge is 2.26. The molecule has 0 saturated carbocycles. The van der Waals surface area contributed by atoms with E-state index in [0.717, 1.165) is 0 Å². The molecule has 2 aromatic rings. The minimum atomic E-state index is -0.509. The molecule has 9 heteroatoms. The van der Waals surface area contributed by atoms with Gasteiger partial charge < -0.3 is 14.7 Å². The summed E-state index contributed by atoms with van der Waals surface area (Å²) in [4.78, 5) is 20.6. The Balaban J connectivity index is 2.64. The standard InChI is InChI=1S/C14H15ClN4O4/c1-9-7-12(23-2)17-14(13(9)19(21)22)18(5-6-20)10-3-4-11(15)16-8-10/h3-4,7-8,20H,5-6H2,1-2H3. The van der Waals surface area contributed by atoms with Gasteiger partial charge in [0.25, 0.3) is 0 Å². The van der Waals surface area contributed by atoms with Crippen molar-refractivity contribution in [1.82, 2.24) is 9.97 Å². The Morgan fingerprint density at radius 2 is 2.22 bits per heavy atom. The topological polar surface area (TPSA) is 102 Å². The number of nitrogens with zero attached hydrogens (tertiary/aromatic N) is 4. The van der Waals surface area contributed by atoms with Crippen molar-refractivity contribution in [1.29, 1.82) is 0 Å². The third-order valence-electron chi connectivity index (χ3n) is 3.14. The van der Waals surface area contributed by atoms with Gasteiger partial charge in [-0.15, -0.1) is 0 Å². The molecule has 2 rings (SSSR count). The average molecular weight is 339 g/mol. The van der Waals surface area contributed by atoms with Gasteiger partial charge in [0.1, 0.15) is 5.15 Å². The van der Waals surface area contributed by atoms with Gasteiger partial charge >= 0.3 is 5.69 Å². The van der Waals surface area contributed by atoms with Gasteiger partial charge in [-0.2, -0.15) is 4.98 Å². The van der Waals surface area contributed by atoms with E-state index < -0.39 is 4.92 Å². The van der Waals surface area contributed by atoms with Gasteiger partial charge in [-0.25, -0.2) is 4.98 Å². The van der Waals surface area contributed by atoms with Crippen molar-refractivity contribution < 1.29 is 14.8 Å². The molecule has 0 fully saturated rings. The lowest BCUT2D eigenvalue weighted by atomic mass is 10.2. The first-order valence-electron chi connectivity index (χ1n) is 6.68. The maximum Gasteiger partial charge on any atom is 0.315 e. The molecule has 8 nitrogen and oxygen atoms in total. The molecule has 0 aliphatic carbocycles. The molecule has 2 aromatic heterocycles. The number of hydrogen-bond acceptors (Lipinski definition) is 7. The molecule has 0 spiro atoms. The smallest absolute Gasteiger partial charge is 0.315 e. The van der Waals surface area contributed by atoms with Crippen LogP contribution in [0.3, 0.4) is 0 Å². The van der Waals surface area contributed by atoms with Crippen molar-refractivity contribution in [2.75, 3.05) is 25.2 Å². The highest BCUT2D eigenvalue weighted by Crippen LogP contribution is 2.36. The number of halogens is 1. The van der Waals surface area contributed by atoms with E-state index >= 15 is 0 Å². The van der Waals surface area contributed by atoms with Crippen LogP contribution < -0.4 is 9.64 Å². The van der Waals surface area contributed by atoms with Gasteiger partial charge in [0, 0.05) is 18.2 Å². The van der Waals surface area contributed by atoms with Crippen molar-refractivity contribution in [2.45, 2.75) is 6.92 Å². The lowest BCUT2D eigenvalue weighted by Gasteiger charge is -2.23. The van der Waals surface area contributed by atoms with Crippen LogP contribution in [0.5, 0.6) is 5.88 Å². The molecule has 0 aliphatic heterocycles. The largest absolute Gasteiger partial charge is 0.481 e. The summed E-state index contributed by atoms with van der Waals surface area (Å²) in [6, 6.07) is 4.68. The number of ether oxygens (including phenoxy) is 1. The van der Waals surface area contributed by atoms with E-state index in [1.54, 1.807) is 19.1 Å². The average Bonchev–Trinajstić information content (AvgIpc) is 2.52. The Hall–Kier alpha value is -2.45.